The third kappa shape index (κ3) is 2.90. The number of amides is 1. The van der Waals surface area contributed by atoms with Crippen LogP contribution in [0.15, 0.2) is 4.52 Å². The summed E-state index contributed by atoms with van der Waals surface area (Å²) in [5.74, 6) is 0.809. The van der Waals surface area contributed by atoms with Crippen molar-refractivity contribution in [2.24, 2.45) is 5.41 Å². The SMILES string of the molecule is Cc1noc(C)c1CCC(=O)NCC1(CO)CC1. The van der Waals surface area contributed by atoms with Crippen LogP contribution in [0, 0.1) is 19.3 Å². The van der Waals surface area contributed by atoms with Crippen molar-refractivity contribution in [2.75, 3.05) is 13.2 Å². The molecule has 1 fully saturated rings. The largest absolute Gasteiger partial charge is 0.396 e. The minimum Gasteiger partial charge on any atom is -0.396 e. The third-order valence-corrected chi connectivity index (χ3v) is 3.74. The molecule has 0 bridgehead atoms. The highest BCUT2D eigenvalue weighted by Crippen LogP contribution is 2.44. The zero-order chi connectivity index (χ0) is 13.2. The van der Waals surface area contributed by atoms with Crippen molar-refractivity contribution in [2.45, 2.75) is 39.5 Å². The lowest BCUT2D eigenvalue weighted by molar-refractivity contribution is -0.121. The van der Waals surface area contributed by atoms with Gasteiger partial charge in [0.1, 0.15) is 5.76 Å². The Hall–Kier alpha value is -1.36. The van der Waals surface area contributed by atoms with Gasteiger partial charge in [-0.3, -0.25) is 4.79 Å². The quantitative estimate of drug-likeness (QED) is 0.795. The summed E-state index contributed by atoms with van der Waals surface area (Å²) in [6.45, 7) is 4.49. The molecule has 0 atom stereocenters. The van der Waals surface area contributed by atoms with Crippen LogP contribution in [0.3, 0.4) is 0 Å². The Balaban J connectivity index is 1.75. The Morgan fingerprint density at radius 1 is 1.50 bits per heavy atom. The average molecular weight is 252 g/mol. The van der Waals surface area contributed by atoms with E-state index in [1.54, 1.807) is 0 Å². The van der Waals surface area contributed by atoms with E-state index in [9.17, 15) is 4.79 Å². The van der Waals surface area contributed by atoms with Crippen LogP contribution in [0.5, 0.6) is 0 Å². The molecule has 100 valence electrons. The maximum Gasteiger partial charge on any atom is 0.220 e. The topological polar surface area (TPSA) is 75.4 Å². The summed E-state index contributed by atoms with van der Waals surface area (Å²) in [5.41, 5.74) is 1.85. The van der Waals surface area contributed by atoms with Crippen molar-refractivity contribution in [1.82, 2.24) is 10.5 Å². The maximum absolute atomic E-state index is 11.7. The molecule has 2 rings (SSSR count). The highest BCUT2D eigenvalue weighted by molar-refractivity contribution is 5.76. The first-order valence-corrected chi connectivity index (χ1v) is 6.36. The first-order chi connectivity index (χ1) is 8.56. The van der Waals surface area contributed by atoms with Gasteiger partial charge in [0.15, 0.2) is 0 Å². The molecule has 0 radical (unpaired) electrons. The van der Waals surface area contributed by atoms with Crippen LogP contribution in [0.2, 0.25) is 0 Å². The van der Waals surface area contributed by atoms with Crippen molar-refractivity contribution in [3.8, 4) is 0 Å². The summed E-state index contributed by atoms with van der Waals surface area (Å²) in [6.07, 6.45) is 3.10. The number of carbonyl (C=O) groups excluding carboxylic acids is 1. The summed E-state index contributed by atoms with van der Waals surface area (Å²) in [5, 5.41) is 15.9. The fourth-order valence-corrected chi connectivity index (χ4v) is 2.04. The second kappa shape index (κ2) is 5.10. The van der Waals surface area contributed by atoms with Gasteiger partial charge in [-0.05, 0) is 33.1 Å². The second-order valence-electron chi connectivity index (χ2n) is 5.24. The second-order valence-corrected chi connectivity index (χ2v) is 5.24. The van der Waals surface area contributed by atoms with Gasteiger partial charge in [-0.2, -0.15) is 0 Å². The average Bonchev–Trinajstić information content (AvgIpc) is 3.08. The summed E-state index contributed by atoms with van der Waals surface area (Å²) < 4.78 is 5.05. The van der Waals surface area contributed by atoms with Crippen molar-refractivity contribution >= 4 is 5.91 Å². The van der Waals surface area contributed by atoms with Crippen LogP contribution in [0.4, 0.5) is 0 Å². The van der Waals surface area contributed by atoms with E-state index in [0.717, 1.165) is 29.9 Å². The lowest BCUT2D eigenvalue weighted by Gasteiger charge is -2.12. The maximum atomic E-state index is 11.7. The molecule has 0 aliphatic heterocycles. The number of aryl methyl sites for hydroxylation is 2. The Morgan fingerprint density at radius 2 is 2.22 bits per heavy atom. The monoisotopic (exact) mass is 252 g/mol. The molecular formula is C13H20N2O3. The van der Waals surface area contributed by atoms with Crippen LogP contribution < -0.4 is 5.32 Å². The molecule has 1 saturated carbocycles. The van der Waals surface area contributed by atoms with E-state index in [1.807, 2.05) is 13.8 Å². The lowest BCUT2D eigenvalue weighted by atomic mass is 10.1. The molecule has 1 aliphatic carbocycles. The normalized spacial score (nSPS) is 16.6. The van der Waals surface area contributed by atoms with Gasteiger partial charge in [-0.15, -0.1) is 0 Å². The Labute approximate surface area is 107 Å². The fourth-order valence-electron chi connectivity index (χ4n) is 2.04. The minimum absolute atomic E-state index is 0.0229. The summed E-state index contributed by atoms with van der Waals surface area (Å²) >= 11 is 0. The van der Waals surface area contributed by atoms with Crippen LogP contribution in [-0.2, 0) is 11.2 Å². The number of hydrogen-bond acceptors (Lipinski definition) is 4. The lowest BCUT2D eigenvalue weighted by Crippen LogP contribution is -2.32. The first kappa shape index (κ1) is 13.1. The smallest absolute Gasteiger partial charge is 0.220 e. The van der Waals surface area contributed by atoms with Crippen LogP contribution in [0.25, 0.3) is 0 Å². The molecule has 0 spiro atoms. The highest BCUT2D eigenvalue weighted by atomic mass is 16.5. The van der Waals surface area contributed by atoms with E-state index >= 15 is 0 Å². The van der Waals surface area contributed by atoms with E-state index < -0.39 is 0 Å². The molecule has 1 aliphatic rings. The molecule has 0 unspecified atom stereocenters. The molecule has 0 aromatic carbocycles. The van der Waals surface area contributed by atoms with E-state index in [1.165, 1.54) is 0 Å². The summed E-state index contributed by atoms with van der Waals surface area (Å²) in [6, 6.07) is 0. The van der Waals surface area contributed by atoms with Gasteiger partial charge in [0.05, 0.1) is 12.3 Å². The van der Waals surface area contributed by atoms with E-state index in [2.05, 4.69) is 10.5 Å². The van der Waals surface area contributed by atoms with Gasteiger partial charge in [0, 0.05) is 23.9 Å². The number of hydrogen-bond donors (Lipinski definition) is 2. The Bertz CT molecular complexity index is 416. The van der Waals surface area contributed by atoms with E-state index in [0.29, 0.717) is 19.4 Å². The molecule has 5 heteroatoms. The molecule has 1 aromatic heterocycles. The minimum atomic E-state index is -0.0291. The number of aliphatic hydroxyl groups is 1. The van der Waals surface area contributed by atoms with Gasteiger partial charge in [-0.25, -0.2) is 0 Å². The van der Waals surface area contributed by atoms with Crippen molar-refractivity contribution in [3.05, 3.63) is 17.0 Å². The number of rotatable bonds is 6. The first-order valence-electron chi connectivity index (χ1n) is 6.36. The van der Waals surface area contributed by atoms with E-state index in [-0.39, 0.29) is 17.9 Å². The van der Waals surface area contributed by atoms with Crippen molar-refractivity contribution in [3.63, 3.8) is 0 Å². The van der Waals surface area contributed by atoms with Crippen LogP contribution in [-0.4, -0.2) is 29.3 Å². The van der Waals surface area contributed by atoms with Crippen LogP contribution in [0.1, 0.15) is 36.3 Å². The number of aromatic nitrogens is 1. The van der Waals surface area contributed by atoms with Gasteiger partial charge in [0.25, 0.3) is 0 Å². The number of nitrogens with one attached hydrogen (secondary N) is 1. The highest BCUT2D eigenvalue weighted by Gasteiger charge is 2.41. The summed E-state index contributed by atoms with van der Waals surface area (Å²) in [7, 11) is 0. The molecule has 1 amide bonds. The molecule has 1 heterocycles. The standard InChI is InChI=1S/C13H20N2O3/c1-9-11(10(2)18-15-9)3-4-12(17)14-7-13(8-16)5-6-13/h16H,3-8H2,1-2H3,(H,14,17). The molecule has 2 N–H and O–H groups in total. The Kier molecular flexibility index (Phi) is 3.71. The molecule has 0 saturated heterocycles. The molecule has 18 heavy (non-hydrogen) atoms. The van der Waals surface area contributed by atoms with Gasteiger partial charge < -0.3 is 14.9 Å². The van der Waals surface area contributed by atoms with Gasteiger partial charge >= 0.3 is 0 Å². The van der Waals surface area contributed by atoms with Gasteiger partial charge in [0.2, 0.25) is 5.91 Å². The number of aliphatic hydroxyl groups excluding tert-OH is 1. The Morgan fingerprint density at radius 3 is 2.72 bits per heavy atom. The third-order valence-electron chi connectivity index (χ3n) is 3.74. The van der Waals surface area contributed by atoms with Crippen molar-refractivity contribution in [1.29, 1.82) is 0 Å². The number of carbonyl (C=O) groups is 1. The van der Waals surface area contributed by atoms with Crippen LogP contribution >= 0.6 is 0 Å². The van der Waals surface area contributed by atoms with Gasteiger partial charge in [-0.1, -0.05) is 5.16 Å². The van der Waals surface area contributed by atoms with Crippen molar-refractivity contribution < 1.29 is 14.4 Å². The molecule has 5 nitrogen and oxygen atoms in total. The molecule has 1 aromatic rings. The molecular weight excluding hydrogens is 232 g/mol. The zero-order valence-electron chi connectivity index (χ0n) is 11.0. The predicted octanol–water partition coefficient (Wildman–Crippen LogP) is 1.11. The predicted molar refractivity (Wildman–Crippen MR) is 66.1 cm³/mol. The van der Waals surface area contributed by atoms with E-state index in [4.69, 9.17) is 9.63 Å². The zero-order valence-corrected chi connectivity index (χ0v) is 11.0. The fraction of sp³-hybridized carbons (Fsp3) is 0.692. The number of nitrogens with zero attached hydrogens (tertiary/aromatic N) is 1. The summed E-state index contributed by atoms with van der Waals surface area (Å²) in [4.78, 5) is 11.7.